The van der Waals surface area contributed by atoms with Crippen LogP contribution in [0.1, 0.15) is 16.8 Å². The Balaban J connectivity index is 1.45. The number of aromatic nitrogens is 2. The first kappa shape index (κ1) is 19.1. The Morgan fingerprint density at radius 2 is 1.83 bits per heavy atom. The van der Waals surface area contributed by atoms with Gasteiger partial charge in [-0.1, -0.05) is 24.3 Å². The number of aryl methyl sites for hydroxylation is 1. The van der Waals surface area contributed by atoms with E-state index < -0.39 is 0 Å². The molecule has 29 heavy (non-hydrogen) atoms. The SMILES string of the molecule is COc1ccc(CCNc2nc(C)cc(N3CCc4ccccc43)n2)cc1OC. The van der Waals surface area contributed by atoms with Crippen LogP contribution in [0.2, 0.25) is 0 Å². The fraction of sp³-hybridized carbons (Fsp3) is 0.304. The predicted molar refractivity (Wildman–Crippen MR) is 116 cm³/mol. The summed E-state index contributed by atoms with van der Waals surface area (Å²) in [6.45, 7) is 3.68. The van der Waals surface area contributed by atoms with E-state index in [4.69, 9.17) is 14.5 Å². The Bertz CT molecular complexity index is 1010. The highest BCUT2D eigenvalue weighted by Crippen LogP contribution is 2.33. The van der Waals surface area contributed by atoms with E-state index in [0.717, 1.165) is 54.5 Å². The minimum atomic E-state index is 0.657. The average molecular weight is 390 g/mol. The molecule has 0 aliphatic carbocycles. The Hall–Kier alpha value is -3.28. The first-order chi connectivity index (χ1) is 14.2. The summed E-state index contributed by atoms with van der Waals surface area (Å²) in [6.07, 6.45) is 1.88. The van der Waals surface area contributed by atoms with Crippen molar-refractivity contribution in [2.45, 2.75) is 19.8 Å². The van der Waals surface area contributed by atoms with Gasteiger partial charge in [0.2, 0.25) is 5.95 Å². The molecule has 1 aliphatic heterocycles. The second-order valence-corrected chi connectivity index (χ2v) is 7.09. The van der Waals surface area contributed by atoms with Gasteiger partial charge < -0.3 is 19.7 Å². The Labute approximate surface area is 171 Å². The summed E-state index contributed by atoms with van der Waals surface area (Å²) in [5.74, 6) is 3.08. The maximum Gasteiger partial charge on any atom is 0.224 e. The summed E-state index contributed by atoms with van der Waals surface area (Å²) in [7, 11) is 3.29. The van der Waals surface area contributed by atoms with E-state index in [1.807, 2.05) is 31.2 Å². The van der Waals surface area contributed by atoms with E-state index in [1.54, 1.807) is 14.2 Å². The summed E-state index contributed by atoms with van der Waals surface area (Å²) in [5, 5.41) is 3.37. The van der Waals surface area contributed by atoms with Crippen molar-refractivity contribution in [2.75, 3.05) is 37.5 Å². The maximum absolute atomic E-state index is 5.38. The van der Waals surface area contributed by atoms with Crippen molar-refractivity contribution in [3.8, 4) is 11.5 Å². The molecule has 1 aromatic heterocycles. The number of para-hydroxylation sites is 1. The van der Waals surface area contributed by atoms with Crippen LogP contribution in [0.15, 0.2) is 48.5 Å². The lowest BCUT2D eigenvalue weighted by Gasteiger charge is -2.19. The minimum absolute atomic E-state index is 0.657. The highest BCUT2D eigenvalue weighted by molar-refractivity contribution is 5.68. The molecule has 2 aromatic carbocycles. The van der Waals surface area contributed by atoms with Crippen molar-refractivity contribution in [3.05, 3.63) is 65.4 Å². The molecule has 4 rings (SSSR count). The fourth-order valence-corrected chi connectivity index (χ4v) is 3.70. The van der Waals surface area contributed by atoms with Gasteiger partial charge in [-0.2, -0.15) is 4.98 Å². The Morgan fingerprint density at radius 3 is 2.66 bits per heavy atom. The number of rotatable bonds is 7. The number of benzene rings is 2. The predicted octanol–water partition coefficient (Wildman–Crippen LogP) is 4.15. The van der Waals surface area contributed by atoms with Gasteiger partial charge in [0, 0.05) is 30.5 Å². The molecule has 150 valence electrons. The summed E-state index contributed by atoms with van der Waals surface area (Å²) in [6, 6.07) is 16.5. The van der Waals surface area contributed by atoms with Crippen LogP contribution >= 0.6 is 0 Å². The van der Waals surface area contributed by atoms with Gasteiger partial charge in [0.15, 0.2) is 11.5 Å². The number of hydrogen-bond donors (Lipinski definition) is 1. The third kappa shape index (κ3) is 4.11. The van der Waals surface area contributed by atoms with Crippen molar-refractivity contribution in [1.82, 2.24) is 9.97 Å². The van der Waals surface area contributed by atoms with Crippen molar-refractivity contribution in [1.29, 1.82) is 0 Å². The topological polar surface area (TPSA) is 59.5 Å². The van der Waals surface area contributed by atoms with Crippen LogP contribution in [0.3, 0.4) is 0 Å². The Morgan fingerprint density at radius 1 is 1.00 bits per heavy atom. The van der Waals surface area contributed by atoms with Crippen molar-refractivity contribution < 1.29 is 9.47 Å². The van der Waals surface area contributed by atoms with Crippen LogP contribution in [0, 0.1) is 6.92 Å². The van der Waals surface area contributed by atoms with Crippen LogP contribution in [0.5, 0.6) is 11.5 Å². The minimum Gasteiger partial charge on any atom is -0.493 e. The fourth-order valence-electron chi connectivity index (χ4n) is 3.70. The molecule has 0 saturated carbocycles. The first-order valence-corrected chi connectivity index (χ1v) is 9.84. The highest BCUT2D eigenvalue weighted by Gasteiger charge is 2.21. The summed E-state index contributed by atoms with van der Waals surface area (Å²) < 4.78 is 10.7. The smallest absolute Gasteiger partial charge is 0.224 e. The van der Waals surface area contributed by atoms with E-state index in [0.29, 0.717) is 5.95 Å². The lowest BCUT2D eigenvalue weighted by molar-refractivity contribution is 0.354. The van der Waals surface area contributed by atoms with E-state index >= 15 is 0 Å². The molecular formula is C23H26N4O2. The summed E-state index contributed by atoms with van der Waals surface area (Å²) in [5.41, 5.74) is 4.72. The third-order valence-electron chi connectivity index (χ3n) is 5.15. The zero-order valence-electron chi connectivity index (χ0n) is 17.1. The quantitative estimate of drug-likeness (QED) is 0.654. The average Bonchev–Trinajstić information content (AvgIpc) is 3.17. The molecule has 0 amide bonds. The summed E-state index contributed by atoms with van der Waals surface area (Å²) >= 11 is 0. The van der Waals surface area contributed by atoms with Gasteiger partial charge in [-0.15, -0.1) is 0 Å². The van der Waals surface area contributed by atoms with E-state index in [1.165, 1.54) is 11.3 Å². The van der Waals surface area contributed by atoms with Gasteiger partial charge in [-0.25, -0.2) is 4.98 Å². The maximum atomic E-state index is 5.38. The summed E-state index contributed by atoms with van der Waals surface area (Å²) in [4.78, 5) is 11.6. The molecule has 0 saturated heterocycles. The van der Waals surface area contributed by atoms with Crippen LogP contribution in [-0.4, -0.2) is 37.3 Å². The molecule has 0 bridgehead atoms. The molecule has 3 aromatic rings. The molecule has 0 fully saturated rings. The number of ether oxygens (including phenoxy) is 2. The largest absolute Gasteiger partial charge is 0.493 e. The molecule has 6 nitrogen and oxygen atoms in total. The van der Waals surface area contributed by atoms with Crippen LogP contribution in [-0.2, 0) is 12.8 Å². The molecule has 0 atom stereocenters. The van der Waals surface area contributed by atoms with Crippen LogP contribution in [0.25, 0.3) is 0 Å². The second-order valence-electron chi connectivity index (χ2n) is 7.09. The van der Waals surface area contributed by atoms with Gasteiger partial charge in [0.1, 0.15) is 5.82 Å². The molecule has 2 heterocycles. The third-order valence-corrected chi connectivity index (χ3v) is 5.15. The molecular weight excluding hydrogens is 364 g/mol. The number of nitrogens with zero attached hydrogens (tertiary/aromatic N) is 3. The lowest BCUT2D eigenvalue weighted by Crippen LogP contribution is -2.17. The van der Waals surface area contributed by atoms with Crippen LogP contribution < -0.4 is 19.7 Å². The van der Waals surface area contributed by atoms with Crippen molar-refractivity contribution in [2.24, 2.45) is 0 Å². The molecule has 0 unspecified atom stereocenters. The molecule has 0 radical (unpaired) electrons. The van der Waals surface area contributed by atoms with Gasteiger partial charge in [0.25, 0.3) is 0 Å². The van der Waals surface area contributed by atoms with Gasteiger partial charge in [0.05, 0.1) is 14.2 Å². The molecule has 1 aliphatic rings. The number of nitrogens with one attached hydrogen (secondary N) is 1. The van der Waals surface area contributed by atoms with Crippen LogP contribution in [0.4, 0.5) is 17.5 Å². The van der Waals surface area contributed by atoms with E-state index in [9.17, 15) is 0 Å². The number of anilines is 3. The monoisotopic (exact) mass is 390 g/mol. The zero-order chi connectivity index (χ0) is 20.2. The van der Waals surface area contributed by atoms with Crippen molar-refractivity contribution >= 4 is 17.5 Å². The molecule has 0 spiro atoms. The number of hydrogen-bond acceptors (Lipinski definition) is 6. The van der Waals surface area contributed by atoms with Gasteiger partial charge >= 0.3 is 0 Å². The highest BCUT2D eigenvalue weighted by atomic mass is 16.5. The van der Waals surface area contributed by atoms with Crippen molar-refractivity contribution in [3.63, 3.8) is 0 Å². The number of methoxy groups -OCH3 is 2. The second kappa shape index (κ2) is 8.39. The zero-order valence-corrected chi connectivity index (χ0v) is 17.1. The molecule has 1 N–H and O–H groups in total. The lowest BCUT2D eigenvalue weighted by atomic mass is 10.1. The van der Waals surface area contributed by atoms with Gasteiger partial charge in [-0.05, 0) is 49.1 Å². The molecule has 6 heteroatoms. The van der Waals surface area contributed by atoms with Gasteiger partial charge in [-0.3, -0.25) is 0 Å². The van der Waals surface area contributed by atoms with E-state index in [-0.39, 0.29) is 0 Å². The normalized spacial score (nSPS) is 12.6. The standard InChI is InChI=1S/C23H26N4O2/c1-16-14-22(27-13-11-18-6-4-5-7-19(18)27)26-23(25-16)24-12-10-17-8-9-20(28-2)21(15-17)29-3/h4-9,14-15H,10-13H2,1-3H3,(H,24,25,26). The first-order valence-electron chi connectivity index (χ1n) is 9.84. The number of fused-ring (bicyclic) bond motifs is 1. The Kier molecular flexibility index (Phi) is 5.51. The van der Waals surface area contributed by atoms with E-state index in [2.05, 4.69) is 39.5 Å².